The van der Waals surface area contributed by atoms with Crippen molar-refractivity contribution in [3.05, 3.63) is 130 Å². The predicted molar refractivity (Wildman–Crippen MR) is 139 cm³/mol. The number of hydrogen-bond acceptors (Lipinski definition) is 5. The third-order valence-electron chi connectivity index (χ3n) is 6.00. The van der Waals surface area contributed by atoms with Gasteiger partial charge in [0.2, 0.25) is 0 Å². The summed E-state index contributed by atoms with van der Waals surface area (Å²) in [6.07, 6.45) is -4.81. The lowest BCUT2D eigenvalue weighted by Gasteiger charge is -2.35. The van der Waals surface area contributed by atoms with Crippen LogP contribution >= 0.6 is 11.6 Å². The molecule has 0 saturated heterocycles. The molecular weight excluding hydrogens is 552 g/mol. The van der Waals surface area contributed by atoms with Crippen LogP contribution < -0.4 is 10.1 Å². The molecule has 206 valence electrons. The molecule has 0 aliphatic rings. The van der Waals surface area contributed by atoms with Gasteiger partial charge in [-0.25, -0.2) is 14.0 Å². The second-order valence-corrected chi connectivity index (χ2v) is 9.12. The van der Waals surface area contributed by atoms with Crippen LogP contribution in [0.4, 0.5) is 22.4 Å². The molecule has 0 bridgehead atoms. The zero-order valence-corrected chi connectivity index (χ0v) is 21.6. The fourth-order valence-electron chi connectivity index (χ4n) is 4.13. The van der Waals surface area contributed by atoms with Gasteiger partial charge in [-0.15, -0.1) is 0 Å². The van der Waals surface area contributed by atoms with Gasteiger partial charge in [0.25, 0.3) is 0 Å². The Morgan fingerprint density at radius 1 is 0.925 bits per heavy atom. The van der Waals surface area contributed by atoms with Gasteiger partial charge in [0.15, 0.2) is 0 Å². The molecule has 1 aromatic heterocycles. The summed E-state index contributed by atoms with van der Waals surface area (Å²) >= 11 is 6.02. The van der Waals surface area contributed by atoms with E-state index in [1.165, 1.54) is 49.7 Å². The van der Waals surface area contributed by atoms with Crippen molar-refractivity contribution < 1.29 is 36.6 Å². The summed E-state index contributed by atoms with van der Waals surface area (Å²) in [4.78, 5) is 29.3. The van der Waals surface area contributed by atoms with Crippen LogP contribution in [0.25, 0.3) is 0 Å². The Morgan fingerprint density at radius 2 is 1.60 bits per heavy atom. The number of hydrogen-bond donors (Lipinski definition) is 1. The van der Waals surface area contributed by atoms with E-state index in [1.807, 2.05) is 0 Å². The number of esters is 1. The molecule has 0 fully saturated rings. The molecule has 1 amide bonds. The Bertz CT molecular complexity index is 1500. The second kappa shape index (κ2) is 11.7. The first kappa shape index (κ1) is 28.6. The number of pyridine rings is 1. The summed E-state index contributed by atoms with van der Waals surface area (Å²) in [7, 11) is 1.22. The number of carbonyl (C=O) groups is 2. The molecule has 11 heteroatoms. The Balaban J connectivity index is 1.84. The SMILES string of the molecule is COC(=O)c1ccc(OC(=O)N[C@](Cc2ccccc2)(c2cc(F)cc(C(F)(F)F)c2)c2ccc(Cl)cn2)cc1. The lowest BCUT2D eigenvalue weighted by atomic mass is 9.80. The summed E-state index contributed by atoms with van der Waals surface area (Å²) in [5, 5.41) is 2.88. The maximum atomic E-state index is 14.7. The molecule has 1 heterocycles. The van der Waals surface area contributed by atoms with Crippen LogP contribution in [0.3, 0.4) is 0 Å². The predicted octanol–water partition coefficient (Wildman–Crippen LogP) is 6.95. The van der Waals surface area contributed by atoms with Crippen molar-refractivity contribution in [2.45, 2.75) is 18.1 Å². The minimum absolute atomic E-state index is 0.0260. The van der Waals surface area contributed by atoms with Crippen LogP contribution in [-0.2, 0) is 22.9 Å². The highest BCUT2D eigenvalue weighted by molar-refractivity contribution is 6.30. The van der Waals surface area contributed by atoms with Crippen LogP contribution in [0, 0.1) is 5.82 Å². The van der Waals surface area contributed by atoms with Gasteiger partial charge in [0.05, 0.1) is 29.0 Å². The van der Waals surface area contributed by atoms with Gasteiger partial charge >= 0.3 is 18.2 Å². The molecule has 0 aliphatic heterocycles. The number of carbonyl (C=O) groups excluding carboxylic acids is 2. The Kier molecular flexibility index (Phi) is 8.39. The minimum atomic E-state index is -4.87. The Hall–Kier alpha value is -4.44. The van der Waals surface area contributed by atoms with Gasteiger partial charge in [-0.1, -0.05) is 41.9 Å². The second-order valence-electron chi connectivity index (χ2n) is 8.69. The van der Waals surface area contributed by atoms with Crippen molar-refractivity contribution in [1.82, 2.24) is 10.3 Å². The molecule has 0 spiro atoms. The van der Waals surface area contributed by atoms with Crippen LogP contribution in [-0.4, -0.2) is 24.2 Å². The number of nitrogens with zero attached hydrogens (tertiary/aromatic N) is 1. The van der Waals surface area contributed by atoms with Crippen molar-refractivity contribution in [2.75, 3.05) is 7.11 Å². The lowest BCUT2D eigenvalue weighted by Crippen LogP contribution is -2.50. The van der Waals surface area contributed by atoms with Gasteiger partial charge in [-0.05, 0) is 65.7 Å². The topological polar surface area (TPSA) is 77.5 Å². The molecule has 0 aliphatic carbocycles. The summed E-state index contributed by atoms with van der Waals surface area (Å²) < 4.78 is 66.0. The summed E-state index contributed by atoms with van der Waals surface area (Å²) in [6.45, 7) is 0. The molecular formula is C29H21ClF4N2O4. The average molecular weight is 573 g/mol. The summed E-state index contributed by atoms with van der Waals surface area (Å²) in [5.74, 6) is -1.74. The summed E-state index contributed by atoms with van der Waals surface area (Å²) in [6, 6.07) is 18.9. The molecule has 0 unspecified atom stereocenters. The van der Waals surface area contributed by atoms with Crippen molar-refractivity contribution in [2.24, 2.45) is 0 Å². The molecule has 1 N–H and O–H groups in total. The molecule has 0 radical (unpaired) electrons. The van der Waals surface area contributed by atoms with Crippen molar-refractivity contribution in [1.29, 1.82) is 0 Å². The number of methoxy groups -OCH3 is 1. The number of halogens is 5. The maximum Gasteiger partial charge on any atom is 0.416 e. The minimum Gasteiger partial charge on any atom is -0.465 e. The van der Waals surface area contributed by atoms with E-state index in [1.54, 1.807) is 30.3 Å². The van der Waals surface area contributed by atoms with Crippen LogP contribution in [0.15, 0.2) is 91.1 Å². The third-order valence-corrected chi connectivity index (χ3v) is 6.22. The standard InChI is InChI=1S/C29H21ClF4N2O4/c1-39-26(37)19-7-10-24(11-8-19)40-27(38)36-28(16-18-5-3-2-4-6-18,25-12-9-22(30)17-35-25)20-13-21(29(32,33)34)15-23(31)14-20/h2-15,17H,16H2,1H3,(H,36,38)/t28-/m1/s1. The molecule has 0 saturated carbocycles. The number of benzene rings is 3. The first-order valence-corrected chi connectivity index (χ1v) is 12.1. The van der Waals surface area contributed by atoms with E-state index in [2.05, 4.69) is 15.0 Å². The number of amides is 1. The first-order valence-electron chi connectivity index (χ1n) is 11.7. The van der Waals surface area contributed by atoms with Crippen LogP contribution in [0.5, 0.6) is 5.75 Å². The highest BCUT2D eigenvalue weighted by Crippen LogP contribution is 2.38. The fraction of sp³-hybridized carbons (Fsp3) is 0.138. The van der Waals surface area contributed by atoms with Gasteiger partial charge in [-0.3, -0.25) is 4.98 Å². The van der Waals surface area contributed by atoms with Gasteiger partial charge < -0.3 is 14.8 Å². The van der Waals surface area contributed by atoms with Crippen molar-refractivity contribution in [3.8, 4) is 5.75 Å². The van der Waals surface area contributed by atoms with E-state index in [0.29, 0.717) is 11.6 Å². The number of ether oxygens (including phenoxy) is 2. The van der Waals surface area contributed by atoms with E-state index >= 15 is 0 Å². The molecule has 4 rings (SSSR count). The highest BCUT2D eigenvalue weighted by Gasteiger charge is 2.41. The Labute approximate surface area is 231 Å². The summed E-state index contributed by atoms with van der Waals surface area (Å²) in [5.41, 5.74) is -2.42. The van der Waals surface area contributed by atoms with Crippen molar-refractivity contribution in [3.63, 3.8) is 0 Å². The van der Waals surface area contributed by atoms with Crippen molar-refractivity contribution >= 4 is 23.7 Å². The number of rotatable bonds is 7. The average Bonchev–Trinajstić information content (AvgIpc) is 2.92. The van der Waals surface area contributed by atoms with Gasteiger partial charge in [-0.2, -0.15) is 13.2 Å². The van der Waals surface area contributed by atoms with Gasteiger partial charge in [0.1, 0.15) is 17.1 Å². The molecule has 4 aromatic rings. The number of aromatic nitrogens is 1. The number of nitrogens with one attached hydrogen (secondary N) is 1. The van der Waals surface area contributed by atoms with E-state index in [9.17, 15) is 27.2 Å². The first-order chi connectivity index (χ1) is 19.0. The lowest BCUT2D eigenvalue weighted by molar-refractivity contribution is -0.137. The molecule has 1 atom stereocenters. The largest absolute Gasteiger partial charge is 0.465 e. The zero-order chi connectivity index (χ0) is 28.9. The van der Waals surface area contributed by atoms with Crippen LogP contribution in [0.2, 0.25) is 5.02 Å². The van der Waals surface area contributed by atoms with E-state index < -0.39 is 35.2 Å². The zero-order valence-electron chi connectivity index (χ0n) is 20.8. The quantitative estimate of drug-likeness (QED) is 0.191. The van der Waals surface area contributed by atoms with Crippen LogP contribution in [0.1, 0.15) is 32.7 Å². The highest BCUT2D eigenvalue weighted by atomic mass is 35.5. The molecule has 3 aromatic carbocycles. The smallest absolute Gasteiger partial charge is 0.416 e. The number of alkyl halides is 3. The normalized spacial score (nSPS) is 12.8. The Morgan fingerprint density at radius 3 is 2.20 bits per heavy atom. The molecule has 40 heavy (non-hydrogen) atoms. The van der Waals surface area contributed by atoms with E-state index in [4.69, 9.17) is 16.3 Å². The van der Waals surface area contributed by atoms with E-state index in [0.717, 1.165) is 12.1 Å². The monoisotopic (exact) mass is 572 g/mol. The van der Waals surface area contributed by atoms with E-state index in [-0.39, 0.29) is 34.0 Å². The molecule has 6 nitrogen and oxygen atoms in total. The fourth-order valence-corrected chi connectivity index (χ4v) is 4.25. The van der Waals surface area contributed by atoms with Gasteiger partial charge in [0, 0.05) is 12.6 Å². The maximum absolute atomic E-state index is 14.7. The third kappa shape index (κ3) is 6.58.